The summed E-state index contributed by atoms with van der Waals surface area (Å²) in [6, 6.07) is 2.80. The highest BCUT2D eigenvalue weighted by Crippen LogP contribution is 2.26. The topological polar surface area (TPSA) is 26.3 Å². The number of benzene rings is 1. The molecular formula is C10H9Br2FO2. The Morgan fingerprint density at radius 3 is 2.73 bits per heavy atom. The maximum Gasteiger partial charge on any atom is 0.341 e. The van der Waals surface area contributed by atoms with Crippen LogP contribution in [0.2, 0.25) is 0 Å². The van der Waals surface area contributed by atoms with E-state index in [0.29, 0.717) is 15.4 Å². The Morgan fingerprint density at radius 1 is 1.53 bits per heavy atom. The lowest BCUT2D eigenvalue weighted by Gasteiger charge is -2.09. The van der Waals surface area contributed by atoms with Crippen molar-refractivity contribution < 1.29 is 13.9 Å². The second-order valence-electron chi connectivity index (χ2n) is 2.74. The molecule has 1 aromatic rings. The van der Waals surface area contributed by atoms with E-state index in [0.717, 1.165) is 0 Å². The molecule has 5 heteroatoms. The first-order chi connectivity index (χ1) is 7.11. The van der Waals surface area contributed by atoms with Crippen LogP contribution in [0, 0.1) is 5.82 Å². The van der Waals surface area contributed by atoms with Crippen LogP contribution in [0.25, 0.3) is 0 Å². The van der Waals surface area contributed by atoms with Gasteiger partial charge in [-0.25, -0.2) is 9.18 Å². The van der Waals surface area contributed by atoms with Crippen molar-refractivity contribution in [2.45, 2.75) is 12.3 Å². The summed E-state index contributed by atoms with van der Waals surface area (Å²) in [5.41, 5.74) is 0.552. The second kappa shape index (κ2) is 5.61. The largest absolute Gasteiger partial charge is 0.462 e. The molecule has 0 aromatic heterocycles. The van der Waals surface area contributed by atoms with Crippen molar-refractivity contribution in [3.63, 3.8) is 0 Å². The molecule has 0 heterocycles. The van der Waals surface area contributed by atoms with Crippen molar-refractivity contribution in [1.82, 2.24) is 0 Å². The molecular weight excluding hydrogens is 331 g/mol. The van der Waals surface area contributed by atoms with Crippen LogP contribution in [0.15, 0.2) is 16.6 Å². The van der Waals surface area contributed by atoms with Gasteiger partial charge in [0.25, 0.3) is 0 Å². The third-order valence-corrected chi connectivity index (χ3v) is 3.12. The predicted octanol–water partition coefficient (Wildman–Crippen LogP) is 3.66. The van der Waals surface area contributed by atoms with Crippen molar-refractivity contribution in [2.24, 2.45) is 0 Å². The lowest BCUT2D eigenvalue weighted by molar-refractivity contribution is 0.0520. The predicted molar refractivity (Wildman–Crippen MR) is 62.7 cm³/mol. The molecule has 82 valence electrons. The van der Waals surface area contributed by atoms with Crippen LogP contribution in [-0.4, -0.2) is 12.6 Å². The zero-order valence-corrected chi connectivity index (χ0v) is 11.2. The van der Waals surface area contributed by atoms with Gasteiger partial charge in [-0.05, 0) is 24.6 Å². The standard InChI is InChI=1S/C10H9Br2FO2/c1-2-15-10(14)9-6(5-11)7(12)3-4-8(9)13/h3-4H,2,5H2,1H3. The lowest BCUT2D eigenvalue weighted by atomic mass is 10.1. The summed E-state index contributed by atoms with van der Waals surface area (Å²) in [5, 5.41) is 0.388. The number of halogens is 3. The normalized spacial score (nSPS) is 10.1. The Morgan fingerprint density at radius 2 is 2.20 bits per heavy atom. The van der Waals surface area contributed by atoms with Gasteiger partial charge in [0.05, 0.1) is 6.61 Å². The van der Waals surface area contributed by atoms with E-state index in [1.165, 1.54) is 6.07 Å². The summed E-state index contributed by atoms with van der Waals surface area (Å²) in [5.74, 6) is -1.20. The number of carbonyl (C=O) groups excluding carboxylic acids is 1. The first kappa shape index (κ1) is 12.6. The van der Waals surface area contributed by atoms with Gasteiger partial charge in [0.15, 0.2) is 0 Å². The van der Waals surface area contributed by atoms with E-state index in [2.05, 4.69) is 31.9 Å². The zero-order chi connectivity index (χ0) is 11.4. The van der Waals surface area contributed by atoms with Crippen LogP contribution in [0.1, 0.15) is 22.8 Å². The fourth-order valence-electron chi connectivity index (χ4n) is 1.15. The van der Waals surface area contributed by atoms with E-state index in [9.17, 15) is 9.18 Å². The highest BCUT2D eigenvalue weighted by Gasteiger charge is 2.19. The lowest BCUT2D eigenvalue weighted by Crippen LogP contribution is -2.10. The summed E-state index contributed by atoms with van der Waals surface area (Å²) >= 11 is 6.46. The summed E-state index contributed by atoms with van der Waals surface area (Å²) < 4.78 is 18.9. The average molecular weight is 340 g/mol. The number of hydrogen-bond donors (Lipinski definition) is 0. The molecule has 0 spiro atoms. The summed E-state index contributed by atoms with van der Waals surface area (Å²) in [6.45, 7) is 1.91. The molecule has 1 rings (SSSR count). The van der Waals surface area contributed by atoms with Crippen LogP contribution in [0.4, 0.5) is 4.39 Å². The highest BCUT2D eigenvalue weighted by molar-refractivity contribution is 9.10. The fraction of sp³-hybridized carbons (Fsp3) is 0.300. The van der Waals surface area contributed by atoms with Crippen LogP contribution in [0.5, 0.6) is 0 Å². The Labute approximate surface area is 104 Å². The second-order valence-corrected chi connectivity index (χ2v) is 4.15. The minimum Gasteiger partial charge on any atom is -0.462 e. The van der Waals surface area contributed by atoms with Crippen molar-refractivity contribution in [3.8, 4) is 0 Å². The number of carbonyl (C=O) groups is 1. The summed E-state index contributed by atoms with van der Waals surface area (Å²) in [4.78, 5) is 11.5. The van der Waals surface area contributed by atoms with Gasteiger partial charge in [-0.15, -0.1) is 0 Å². The molecule has 0 saturated heterocycles. The van der Waals surface area contributed by atoms with Crippen molar-refractivity contribution in [2.75, 3.05) is 6.61 Å². The molecule has 0 unspecified atom stereocenters. The van der Waals surface area contributed by atoms with Gasteiger partial charge in [0.1, 0.15) is 11.4 Å². The van der Waals surface area contributed by atoms with Gasteiger partial charge in [-0.3, -0.25) is 0 Å². The molecule has 0 aliphatic rings. The minimum absolute atomic E-state index is 0.0110. The maximum absolute atomic E-state index is 13.4. The first-order valence-electron chi connectivity index (χ1n) is 4.31. The van der Waals surface area contributed by atoms with Crippen LogP contribution < -0.4 is 0 Å². The number of alkyl halides is 1. The first-order valence-corrected chi connectivity index (χ1v) is 6.23. The molecule has 0 fully saturated rings. The van der Waals surface area contributed by atoms with Gasteiger partial charge >= 0.3 is 5.97 Å². The van der Waals surface area contributed by atoms with Crippen LogP contribution in [0.3, 0.4) is 0 Å². The molecule has 2 nitrogen and oxygen atoms in total. The van der Waals surface area contributed by atoms with Gasteiger partial charge in [-0.2, -0.15) is 0 Å². The van der Waals surface area contributed by atoms with Crippen molar-refractivity contribution >= 4 is 37.8 Å². The zero-order valence-electron chi connectivity index (χ0n) is 8.02. The average Bonchev–Trinajstić information content (AvgIpc) is 2.21. The molecule has 0 saturated carbocycles. The van der Waals surface area contributed by atoms with Gasteiger partial charge in [0.2, 0.25) is 0 Å². The Kier molecular flexibility index (Phi) is 4.73. The number of ether oxygens (including phenoxy) is 1. The van der Waals surface area contributed by atoms with Crippen molar-refractivity contribution in [3.05, 3.63) is 33.5 Å². The summed E-state index contributed by atoms with van der Waals surface area (Å²) in [6.07, 6.45) is 0. The van der Waals surface area contributed by atoms with E-state index in [-0.39, 0.29) is 12.2 Å². The fourth-order valence-corrected chi connectivity index (χ4v) is 2.58. The van der Waals surface area contributed by atoms with Gasteiger partial charge in [0, 0.05) is 9.80 Å². The number of esters is 1. The highest BCUT2D eigenvalue weighted by atomic mass is 79.9. The van der Waals surface area contributed by atoms with E-state index in [4.69, 9.17) is 4.74 Å². The Bertz CT molecular complexity index is 380. The van der Waals surface area contributed by atoms with Crippen LogP contribution >= 0.6 is 31.9 Å². The van der Waals surface area contributed by atoms with E-state index < -0.39 is 11.8 Å². The number of hydrogen-bond acceptors (Lipinski definition) is 2. The monoisotopic (exact) mass is 338 g/mol. The molecule has 0 aliphatic carbocycles. The molecule has 0 N–H and O–H groups in total. The molecule has 1 aromatic carbocycles. The van der Waals surface area contributed by atoms with Gasteiger partial charge in [-0.1, -0.05) is 31.9 Å². The third-order valence-electron chi connectivity index (χ3n) is 1.82. The number of rotatable bonds is 3. The third kappa shape index (κ3) is 2.78. The summed E-state index contributed by atoms with van der Waals surface area (Å²) in [7, 11) is 0. The maximum atomic E-state index is 13.4. The van der Waals surface area contributed by atoms with E-state index in [1.807, 2.05) is 0 Å². The quantitative estimate of drug-likeness (QED) is 0.620. The van der Waals surface area contributed by atoms with Crippen LogP contribution in [-0.2, 0) is 10.1 Å². The molecule has 0 bridgehead atoms. The SMILES string of the molecule is CCOC(=O)c1c(F)ccc(Br)c1CBr. The Balaban J connectivity index is 3.24. The molecule has 0 radical (unpaired) electrons. The molecule has 15 heavy (non-hydrogen) atoms. The van der Waals surface area contributed by atoms with Gasteiger partial charge < -0.3 is 4.74 Å². The molecule has 0 aliphatic heterocycles. The Hall–Kier alpha value is -0.420. The molecule has 0 amide bonds. The van der Waals surface area contributed by atoms with Crippen molar-refractivity contribution in [1.29, 1.82) is 0 Å². The minimum atomic E-state index is -0.634. The van der Waals surface area contributed by atoms with E-state index >= 15 is 0 Å². The van der Waals surface area contributed by atoms with E-state index in [1.54, 1.807) is 13.0 Å². The molecule has 0 atom stereocenters. The smallest absolute Gasteiger partial charge is 0.341 e.